The third-order valence-corrected chi connectivity index (χ3v) is 3.52. The number of hydrogen-bond acceptors (Lipinski definition) is 4. The van der Waals surface area contributed by atoms with Crippen LogP contribution in [0.5, 0.6) is 5.75 Å². The predicted octanol–water partition coefficient (Wildman–Crippen LogP) is 1.38. The van der Waals surface area contributed by atoms with Gasteiger partial charge in [0.05, 0.1) is 7.11 Å². The van der Waals surface area contributed by atoms with E-state index in [2.05, 4.69) is 4.90 Å². The fourth-order valence-corrected chi connectivity index (χ4v) is 2.44. The molecule has 5 heteroatoms. The molecule has 0 amide bonds. The fourth-order valence-electron chi connectivity index (χ4n) is 2.44. The van der Waals surface area contributed by atoms with Crippen molar-refractivity contribution in [1.29, 1.82) is 0 Å². The van der Waals surface area contributed by atoms with Crippen LogP contribution in [-0.4, -0.2) is 36.2 Å². The van der Waals surface area contributed by atoms with Gasteiger partial charge in [-0.2, -0.15) is 0 Å². The van der Waals surface area contributed by atoms with Gasteiger partial charge in [-0.1, -0.05) is 6.07 Å². The van der Waals surface area contributed by atoms with Crippen LogP contribution in [0.1, 0.15) is 30.0 Å². The number of carboxylic acid groups (broad SMARTS) is 1. The van der Waals surface area contributed by atoms with Crippen LogP contribution in [0.15, 0.2) is 18.2 Å². The molecule has 1 atom stereocenters. The molecule has 2 rings (SSSR count). The highest BCUT2D eigenvalue weighted by Crippen LogP contribution is 2.25. The second-order valence-electron chi connectivity index (χ2n) is 4.87. The summed E-state index contributed by atoms with van der Waals surface area (Å²) in [6, 6.07) is 4.37. The van der Waals surface area contributed by atoms with Crippen molar-refractivity contribution in [3.05, 3.63) is 29.3 Å². The van der Waals surface area contributed by atoms with Crippen LogP contribution in [0.3, 0.4) is 0 Å². The Morgan fingerprint density at radius 1 is 1.47 bits per heavy atom. The van der Waals surface area contributed by atoms with Crippen molar-refractivity contribution in [1.82, 2.24) is 4.90 Å². The topological polar surface area (TPSA) is 75.8 Å². The highest BCUT2D eigenvalue weighted by molar-refractivity contribution is 5.75. The number of methoxy groups -OCH3 is 1. The molecule has 1 fully saturated rings. The monoisotopic (exact) mass is 264 g/mol. The molecule has 1 aliphatic rings. The SMILES string of the molecule is COc1ccc(C(N)C(=O)O)cc1CN1CCCC1. The first-order chi connectivity index (χ1) is 9.11. The van der Waals surface area contributed by atoms with E-state index in [-0.39, 0.29) is 0 Å². The maximum atomic E-state index is 10.9. The number of aliphatic carboxylic acids is 1. The van der Waals surface area contributed by atoms with Gasteiger partial charge in [-0.15, -0.1) is 0 Å². The number of nitrogens with zero attached hydrogens (tertiary/aromatic N) is 1. The minimum Gasteiger partial charge on any atom is -0.496 e. The summed E-state index contributed by atoms with van der Waals surface area (Å²) in [6.07, 6.45) is 2.44. The molecule has 5 nitrogen and oxygen atoms in total. The van der Waals surface area contributed by atoms with Crippen molar-refractivity contribution >= 4 is 5.97 Å². The van der Waals surface area contributed by atoms with Gasteiger partial charge in [0.15, 0.2) is 0 Å². The van der Waals surface area contributed by atoms with Crippen molar-refractivity contribution in [3.8, 4) is 5.75 Å². The van der Waals surface area contributed by atoms with E-state index in [9.17, 15) is 4.79 Å². The van der Waals surface area contributed by atoms with E-state index in [1.807, 2.05) is 6.07 Å². The molecule has 0 spiro atoms. The number of likely N-dealkylation sites (tertiary alicyclic amines) is 1. The van der Waals surface area contributed by atoms with Gasteiger partial charge < -0.3 is 15.6 Å². The van der Waals surface area contributed by atoms with Crippen LogP contribution >= 0.6 is 0 Å². The van der Waals surface area contributed by atoms with Gasteiger partial charge in [-0.3, -0.25) is 9.69 Å². The largest absolute Gasteiger partial charge is 0.496 e. The van der Waals surface area contributed by atoms with Gasteiger partial charge in [-0.05, 0) is 43.6 Å². The Kier molecular flexibility index (Phi) is 4.39. The Hall–Kier alpha value is -1.59. The van der Waals surface area contributed by atoms with E-state index < -0.39 is 12.0 Å². The second kappa shape index (κ2) is 6.04. The highest BCUT2D eigenvalue weighted by Gasteiger charge is 2.18. The van der Waals surface area contributed by atoms with Crippen molar-refractivity contribution in [2.45, 2.75) is 25.4 Å². The molecule has 0 aromatic heterocycles. The van der Waals surface area contributed by atoms with E-state index in [0.717, 1.165) is 30.9 Å². The molecule has 1 aromatic rings. The number of ether oxygens (including phenoxy) is 1. The smallest absolute Gasteiger partial charge is 0.325 e. The molecular formula is C14H20N2O3. The first kappa shape index (κ1) is 13.8. The molecule has 104 valence electrons. The maximum absolute atomic E-state index is 10.9. The Morgan fingerprint density at radius 2 is 2.16 bits per heavy atom. The number of hydrogen-bond donors (Lipinski definition) is 2. The van der Waals surface area contributed by atoms with Crippen LogP contribution in [0.2, 0.25) is 0 Å². The summed E-state index contributed by atoms with van der Waals surface area (Å²) in [5.41, 5.74) is 7.26. The molecule has 1 aliphatic heterocycles. The number of rotatable bonds is 5. The third-order valence-electron chi connectivity index (χ3n) is 3.52. The Balaban J connectivity index is 2.22. The summed E-state index contributed by atoms with van der Waals surface area (Å²) < 4.78 is 5.34. The standard InChI is InChI=1S/C14H20N2O3/c1-19-12-5-4-10(13(15)14(17)18)8-11(12)9-16-6-2-3-7-16/h4-5,8,13H,2-3,6-7,9,15H2,1H3,(H,17,18). The van der Waals surface area contributed by atoms with E-state index in [0.29, 0.717) is 5.56 Å². The first-order valence-electron chi connectivity index (χ1n) is 6.49. The molecule has 0 saturated carbocycles. The van der Waals surface area contributed by atoms with E-state index >= 15 is 0 Å². The maximum Gasteiger partial charge on any atom is 0.325 e. The number of carbonyl (C=O) groups is 1. The van der Waals surface area contributed by atoms with Crippen LogP contribution in [0.4, 0.5) is 0 Å². The molecule has 19 heavy (non-hydrogen) atoms. The zero-order chi connectivity index (χ0) is 13.8. The number of benzene rings is 1. The highest BCUT2D eigenvalue weighted by atomic mass is 16.5. The normalized spacial score (nSPS) is 17.4. The molecule has 0 aliphatic carbocycles. The van der Waals surface area contributed by atoms with E-state index in [4.69, 9.17) is 15.6 Å². The van der Waals surface area contributed by atoms with Crippen LogP contribution < -0.4 is 10.5 Å². The summed E-state index contributed by atoms with van der Waals surface area (Å²) >= 11 is 0. The molecule has 1 saturated heterocycles. The molecule has 3 N–H and O–H groups in total. The van der Waals surface area contributed by atoms with Gasteiger partial charge >= 0.3 is 5.97 Å². The summed E-state index contributed by atoms with van der Waals surface area (Å²) in [4.78, 5) is 13.3. The van der Waals surface area contributed by atoms with Crippen LogP contribution in [-0.2, 0) is 11.3 Å². The van der Waals surface area contributed by atoms with Crippen LogP contribution in [0, 0.1) is 0 Å². The average Bonchev–Trinajstić information content (AvgIpc) is 2.90. The molecule has 0 bridgehead atoms. The van der Waals surface area contributed by atoms with Crippen molar-refractivity contribution in [2.75, 3.05) is 20.2 Å². The first-order valence-corrected chi connectivity index (χ1v) is 6.49. The lowest BCUT2D eigenvalue weighted by Gasteiger charge is -2.18. The fraction of sp³-hybridized carbons (Fsp3) is 0.500. The minimum absolute atomic E-state index is 0.613. The third kappa shape index (κ3) is 3.24. The molecule has 1 aromatic carbocycles. The van der Waals surface area contributed by atoms with Crippen molar-refractivity contribution in [3.63, 3.8) is 0 Å². The Bertz CT molecular complexity index is 456. The predicted molar refractivity (Wildman–Crippen MR) is 72.1 cm³/mol. The van der Waals surface area contributed by atoms with Gasteiger partial charge in [0, 0.05) is 12.1 Å². The number of carboxylic acids is 1. The lowest BCUT2D eigenvalue weighted by molar-refractivity contribution is -0.138. The zero-order valence-corrected chi connectivity index (χ0v) is 11.1. The Morgan fingerprint density at radius 3 is 2.74 bits per heavy atom. The van der Waals surface area contributed by atoms with Gasteiger partial charge in [-0.25, -0.2) is 0 Å². The van der Waals surface area contributed by atoms with Crippen molar-refractivity contribution in [2.24, 2.45) is 5.73 Å². The van der Waals surface area contributed by atoms with Gasteiger partial charge in [0.25, 0.3) is 0 Å². The lowest BCUT2D eigenvalue weighted by atomic mass is 10.0. The quantitative estimate of drug-likeness (QED) is 0.840. The second-order valence-corrected chi connectivity index (χ2v) is 4.87. The summed E-state index contributed by atoms with van der Waals surface area (Å²) in [7, 11) is 1.62. The zero-order valence-electron chi connectivity index (χ0n) is 11.1. The van der Waals surface area contributed by atoms with E-state index in [1.54, 1.807) is 19.2 Å². The Labute approximate surface area is 113 Å². The minimum atomic E-state index is -1.02. The number of nitrogens with two attached hydrogens (primary N) is 1. The molecular weight excluding hydrogens is 244 g/mol. The average molecular weight is 264 g/mol. The van der Waals surface area contributed by atoms with Gasteiger partial charge in [0.1, 0.15) is 11.8 Å². The summed E-state index contributed by atoms with van der Waals surface area (Å²) in [6.45, 7) is 2.94. The molecule has 1 heterocycles. The molecule has 0 radical (unpaired) electrons. The van der Waals surface area contributed by atoms with Crippen molar-refractivity contribution < 1.29 is 14.6 Å². The van der Waals surface area contributed by atoms with E-state index in [1.165, 1.54) is 12.8 Å². The lowest BCUT2D eigenvalue weighted by Crippen LogP contribution is -2.22. The van der Waals surface area contributed by atoms with Gasteiger partial charge in [0.2, 0.25) is 0 Å². The van der Waals surface area contributed by atoms with Crippen LogP contribution in [0.25, 0.3) is 0 Å². The summed E-state index contributed by atoms with van der Waals surface area (Å²) in [5.74, 6) is -0.231. The summed E-state index contributed by atoms with van der Waals surface area (Å²) in [5, 5.41) is 8.97. The molecule has 1 unspecified atom stereocenters.